The van der Waals surface area contributed by atoms with Gasteiger partial charge >= 0.3 is 12.0 Å². The Morgan fingerprint density at radius 2 is 1.96 bits per heavy atom. The molecule has 3 heterocycles. The Labute approximate surface area is 140 Å². The molecule has 3 aromatic rings. The predicted octanol–water partition coefficient (Wildman–Crippen LogP) is 3.21. The first kappa shape index (κ1) is 14.5. The Kier molecular flexibility index (Phi) is 3.75. The number of benzene rings is 1. The van der Waals surface area contributed by atoms with E-state index in [1.807, 2.05) is 11.4 Å². The summed E-state index contributed by atoms with van der Waals surface area (Å²) >= 11 is 1.41. The van der Waals surface area contributed by atoms with Crippen LogP contribution in [0.5, 0.6) is 11.5 Å². The number of carbonyl (C=O) groups is 1. The van der Waals surface area contributed by atoms with Gasteiger partial charge in [-0.2, -0.15) is 0 Å². The van der Waals surface area contributed by atoms with E-state index in [1.54, 1.807) is 24.3 Å². The van der Waals surface area contributed by atoms with Gasteiger partial charge in [-0.25, -0.2) is 4.79 Å². The monoisotopic (exact) mass is 344 g/mol. The average molecular weight is 344 g/mol. The van der Waals surface area contributed by atoms with Crippen molar-refractivity contribution in [2.75, 3.05) is 23.8 Å². The van der Waals surface area contributed by atoms with Gasteiger partial charge in [0.1, 0.15) is 13.2 Å². The molecule has 0 bridgehead atoms. The maximum absolute atomic E-state index is 11.8. The summed E-state index contributed by atoms with van der Waals surface area (Å²) in [5.74, 6) is 1.58. The molecule has 1 aromatic carbocycles. The smallest absolute Gasteiger partial charge is 0.327 e. The Bertz CT molecular complexity index is 862. The van der Waals surface area contributed by atoms with Gasteiger partial charge in [-0.1, -0.05) is 5.10 Å². The van der Waals surface area contributed by atoms with Crippen molar-refractivity contribution in [2.24, 2.45) is 0 Å². The molecule has 8 nitrogen and oxygen atoms in total. The first-order chi connectivity index (χ1) is 11.8. The van der Waals surface area contributed by atoms with Gasteiger partial charge in [-0.05, 0) is 35.7 Å². The highest BCUT2D eigenvalue weighted by Crippen LogP contribution is 2.34. The molecule has 1 aliphatic rings. The number of rotatable bonds is 3. The number of carbonyl (C=O) groups excluding carboxylic acids is 1. The molecular weight excluding hydrogens is 332 g/mol. The van der Waals surface area contributed by atoms with Crippen molar-refractivity contribution in [1.82, 2.24) is 10.2 Å². The Hall–Kier alpha value is -3.07. The van der Waals surface area contributed by atoms with E-state index in [0.29, 0.717) is 30.3 Å². The first-order valence-electron chi connectivity index (χ1n) is 7.13. The van der Waals surface area contributed by atoms with E-state index in [0.717, 1.165) is 5.00 Å². The number of hydrogen-bond donors (Lipinski definition) is 2. The average Bonchev–Trinajstić information content (AvgIpc) is 3.26. The highest BCUT2D eigenvalue weighted by Gasteiger charge is 2.16. The number of anilines is 2. The molecule has 0 atom stereocenters. The van der Waals surface area contributed by atoms with E-state index in [2.05, 4.69) is 20.8 Å². The van der Waals surface area contributed by atoms with E-state index < -0.39 is 6.03 Å². The Morgan fingerprint density at radius 3 is 2.79 bits per heavy atom. The summed E-state index contributed by atoms with van der Waals surface area (Å²) in [4.78, 5) is 11.8. The minimum atomic E-state index is -0.449. The lowest BCUT2D eigenvalue weighted by molar-refractivity contribution is 0.171. The van der Waals surface area contributed by atoms with Gasteiger partial charge in [-0.3, -0.25) is 10.6 Å². The summed E-state index contributed by atoms with van der Waals surface area (Å²) < 4.78 is 16.5. The van der Waals surface area contributed by atoms with Crippen LogP contribution in [0.2, 0.25) is 0 Å². The summed E-state index contributed by atoms with van der Waals surface area (Å²) in [7, 11) is 0. The molecule has 0 saturated heterocycles. The van der Waals surface area contributed by atoms with Crippen LogP contribution in [0, 0.1) is 0 Å². The van der Waals surface area contributed by atoms with Crippen LogP contribution < -0.4 is 20.1 Å². The van der Waals surface area contributed by atoms with Gasteiger partial charge in [0, 0.05) is 5.56 Å². The quantitative estimate of drug-likeness (QED) is 0.757. The van der Waals surface area contributed by atoms with Crippen molar-refractivity contribution in [3.05, 3.63) is 35.7 Å². The molecule has 0 aliphatic carbocycles. The highest BCUT2D eigenvalue weighted by molar-refractivity contribution is 7.14. The largest absolute Gasteiger partial charge is 0.486 e. The number of urea groups is 1. The molecule has 9 heteroatoms. The maximum atomic E-state index is 11.8. The van der Waals surface area contributed by atoms with Gasteiger partial charge in [0.2, 0.25) is 5.89 Å². The van der Waals surface area contributed by atoms with Gasteiger partial charge in [-0.15, -0.1) is 16.4 Å². The zero-order chi connectivity index (χ0) is 16.4. The zero-order valence-electron chi connectivity index (χ0n) is 12.3. The van der Waals surface area contributed by atoms with Gasteiger partial charge in [0.25, 0.3) is 0 Å². The first-order valence-corrected chi connectivity index (χ1v) is 8.01. The minimum Gasteiger partial charge on any atom is -0.486 e. The van der Waals surface area contributed by atoms with Gasteiger partial charge < -0.3 is 13.9 Å². The molecule has 2 aromatic heterocycles. The third-order valence-electron chi connectivity index (χ3n) is 3.19. The van der Waals surface area contributed by atoms with Crippen LogP contribution in [0.25, 0.3) is 11.5 Å². The number of aromatic nitrogens is 2. The molecule has 4 rings (SSSR count). The van der Waals surface area contributed by atoms with Gasteiger partial charge in [0.05, 0.1) is 5.00 Å². The fraction of sp³-hybridized carbons (Fsp3) is 0.133. The second-order valence-corrected chi connectivity index (χ2v) is 5.77. The summed E-state index contributed by atoms with van der Waals surface area (Å²) in [6.07, 6.45) is 0. The van der Waals surface area contributed by atoms with Crippen LogP contribution in [-0.4, -0.2) is 29.4 Å². The van der Waals surface area contributed by atoms with E-state index in [4.69, 9.17) is 13.9 Å². The molecule has 0 fully saturated rings. The SMILES string of the molecule is O=C(Nc1nnc(-c2ccc3c(c2)OCCO3)o1)Nc1cccs1. The van der Waals surface area contributed by atoms with Crippen molar-refractivity contribution >= 4 is 28.4 Å². The molecule has 2 amide bonds. The predicted molar refractivity (Wildman–Crippen MR) is 87.7 cm³/mol. The Morgan fingerprint density at radius 1 is 1.08 bits per heavy atom. The van der Waals surface area contributed by atoms with E-state index >= 15 is 0 Å². The molecule has 24 heavy (non-hydrogen) atoms. The fourth-order valence-corrected chi connectivity index (χ4v) is 2.77. The van der Waals surface area contributed by atoms with Crippen molar-refractivity contribution < 1.29 is 18.7 Å². The topological polar surface area (TPSA) is 98.5 Å². The van der Waals surface area contributed by atoms with E-state index in [1.165, 1.54) is 11.3 Å². The minimum absolute atomic E-state index is 0.00828. The number of fused-ring (bicyclic) bond motifs is 1. The number of nitrogens with one attached hydrogen (secondary N) is 2. The van der Waals surface area contributed by atoms with Crippen LogP contribution >= 0.6 is 11.3 Å². The van der Waals surface area contributed by atoms with Crippen molar-refractivity contribution in [2.45, 2.75) is 0 Å². The second-order valence-electron chi connectivity index (χ2n) is 4.83. The molecule has 0 saturated carbocycles. The summed E-state index contributed by atoms with van der Waals surface area (Å²) in [5.41, 5.74) is 0.679. The van der Waals surface area contributed by atoms with Crippen LogP contribution in [-0.2, 0) is 0 Å². The third-order valence-corrected chi connectivity index (χ3v) is 3.98. The lowest BCUT2D eigenvalue weighted by Gasteiger charge is -2.18. The second kappa shape index (κ2) is 6.20. The molecular formula is C15H12N4O4S. The van der Waals surface area contributed by atoms with Crippen LogP contribution in [0.3, 0.4) is 0 Å². The van der Waals surface area contributed by atoms with Crippen LogP contribution in [0.4, 0.5) is 15.8 Å². The number of amides is 2. The zero-order valence-corrected chi connectivity index (χ0v) is 13.1. The number of nitrogens with zero attached hydrogens (tertiary/aromatic N) is 2. The van der Waals surface area contributed by atoms with Crippen LogP contribution in [0.1, 0.15) is 0 Å². The molecule has 2 N–H and O–H groups in total. The number of hydrogen-bond acceptors (Lipinski definition) is 7. The number of ether oxygens (including phenoxy) is 2. The van der Waals surface area contributed by atoms with Crippen molar-refractivity contribution in [3.63, 3.8) is 0 Å². The van der Waals surface area contributed by atoms with E-state index in [-0.39, 0.29) is 11.9 Å². The lowest BCUT2D eigenvalue weighted by atomic mass is 10.2. The molecule has 0 spiro atoms. The lowest BCUT2D eigenvalue weighted by Crippen LogP contribution is -2.18. The Balaban J connectivity index is 1.47. The van der Waals surface area contributed by atoms with Gasteiger partial charge in [0.15, 0.2) is 11.5 Å². The highest BCUT2D eigenvalue weighted by atomic mass is 32.1. The summed E-state index contributed by atoms with van der Waals surface area (Å²) in [6, 6.07) is 8.52. The van der Waals surface area contributed by atoms with Crippen molar-refractivity contribution in [1.29, 1.82) is 0 Å². The standard InChI is InChI=1S/C15H12N4O4S/c20-14(16-12-2-1-7-24-12)17-15-19-18-13(23-15)9-3-4-10-11(8-9)22-6-5-21-10/h1-4,7-8H,5-6H2,(H2,16,17,19,20). The normalized spacial score (nSPS) is 12.7. The maximum Gasteiger partial charge on any atom is 0.327 e. The summed E-state index contributed by atoms with van der Waals surface area (Å²) in [5, 5.41) is 15.5. The van der Waals surface area contributed by atoms with E-state index in [9.17, 15) is 4.79 Å². The molecule has 0 unspecified atom stereocenters. The molecule has 122 valence electrons. The van der Waals surface area contributed by atoms with Crippen molar-refractivity contribution in [3.8, 4) is 23.0 Å². The summed E-state index contributed by atoms with van der Waals surface area (Å²) in [6.45, 7) is 1.02. The van der Waals surface area contributed by atoms with Crippen LogP contribution in [0.15, 0.2) is 40.1 Å². The molecule has 0 radical (unpaired) electrons. The fourth-order valence-electron chi connectivity index (χ4n) is 2.16. The number of thiophene rings is 1. The molecule has 1 aliphatic heterocycles. The third kappa shape index (κ3) is 3.01.